The Morgan fingerprint density at radius 2 is 2.33 bits per heavy atom. The van der Waals surface area contributed by atoms with Crippen LogP contribution in [0.1, 0.15) is 0 Å². The summed E-state index contributed by atoms with van der Waals surface area (Å²) in [6, 6.07) is 5.52. The van der Waals surface area contributed by atoms with Gasteiger partial charge in [0, 0.05) is 6.20 Å². The Balaban J connectivity index is 0.00000121. The van der Waals surface area contributed by atoms with E-state index < -0.39 is 0 Å². The highest BCUT2D eigenvalue weighted by atomic mass is 127. The van der Waals surface area contributed by atoms with Gasteiger partial charge in [-0.25, -0.2) is 9.98 Å². The maximum atomic E-state index is 5.48. The Hall–Kier alpha value is -0.300. The predicted molar refractivity (Wildman–Crippen MR) is 64.4 cm³/mol. The number of thioether (sulfide) groups is 1. The molecular weight excluding hydrogens is 285 g/mol. The normalized spacial score (nSPS) is 10.6. The van der Waals surface area contributed by atoms with Gasteiger partial charge in [0.2, 0.25) is 0 Å². The average molecular weight is 295 g/mol. The van der Waals surface area contributed by atoms with Gasteiger partial charge < -0.3 is 5.73 Å². The van der Waals surface area contributed by atoms with Crippen LogP contribution >= 0.6 is 35.7 Å². The number of hydrogen-bond donors (Lipinski definition) is 1. The van der Waals surface area contributed by atoms with Crippen LogP contribution in [0.2, 0.25) is 0 Å². The summed E-state index contributed by atoms with van der Waals surface area (Å²) in [5.74, 6) is 0.652. The first-order valence-electron chi connectivity index (χ1n) is 3.12. The van der Waals surface area contributed by atoms with E-state index in [2.05, 4.69) is 9.98 Å². The fraction of sp³-hybridized carbons (Fsp3) is 0.143. The molecule has 0 unspecified atom stereocenters. The summed E-state index contributed by atoms with van der Waals surface area (Å²) in [5, 5.41) is 0.531. The molecule has 2 N–H and O–H groups in total. The third-order valence-corrected chi connectivity index (χ3v) is 1.59. The van der Waals surface area contributed by atoms with Crippen molar-refractivity contribution in [2.24, 2.45) is 10.7 Å². The van der Waals surface area contributed by atoms with Gasteiger partial charge in [-0.05, 0) is 18.4 Å². The van der Waals surface area contributed by atoms with E-state index in [1.807, 2.05) is 24.5 Å². The highest BCUT2D eigenvalue weighted by Crippen LogP contribution is 2.06. The highest BCUT2D eigenvalue weighted by molar-refractivity contribution is 14.0. The Bertz CT molecular complexity index is 250. The lowest BCUT2D eigenvalue weighted by molar-refractivity contribution is 1.27. The Kier molecular flexibility index (Phi) is 6.09. The number of rotatable bonds is 1. The number of nitrogens with two attached hydrogens (primary N) is 1. The molecule has 0 amide bonds. The standard InChI is InChI=1S/C7H9N3S.HI/c1-11-7(8)10-6-4-2-3-5-9-6;/h2-5H,1H3,(H2,8,9,10);1H. The lowest BCUT2D eigenvalue weighted by atomic mass is 10.5. The zero-order valence-electron chi connectivity index (χ0n) is 6.60. The van der Waals surface area contributed by atoms with E-state index in [-0.39, 0.29) is 24.0 Å². The van der Waals surface area contributed by atoms with Gasteiger partial charge in [-0.3, -0.25) is 0 Å². The summed E-state index contributed by atoms with van der Waals surface area (Å²) >= 11 is 1.41. The quantitative estimate of drug-likeness (QED) is 0.490. The zero-order valence-corrected chi connectivity index (χ0v) is 9.74. The molecule has 1 aromatic heterocycles. The molecular formula is C7H10IN3S. The van der Waals surface area contributed by atoms with E-state index in [1.54, 1.807) is 6.20 Å². The van der Waals surface area contributed by atoms with Crippen LogP contribution in [-0.2, 0) is 0 Å². The molecule has 1 aromatic rings. The third-order valence-electron chi connectivity index (χ3n) is 1.08. The van der Waals surface area contributed by atoms with Gasteiger partial charge in [0.05, 0.1) is 0 Å². The number of hydrogen-bond acceptors (Lipinski definition) is 3. The van der Waals surface area contributed by atoms with E-state index in [9.17, 15) is 0 Å². The van der Waals surface area contributed by atoms with Crippen LogP contribution in [0.5, 0.6) is 0 Å². The Morgan fingerprint density at radius 3 is 2.83 bits per heavy atom. The molecule has 0 bridgehead atoms. The molecule has 0 saturated carbocycles. The van der Waals surface area contributed by atoms with Crippen molar-refractivity contribution in [1.29, 1.82) is 0 Å². The van der Waals surface area contributed by atoms with Crippen molar-refractivity contribution in [3.8, 4) is 0 Å². The first kappa shape index (κ1) is 11.7. The first-order chi connectivity index (χ1) is 5.33. The van der Waals surface area contributed by atoms with Gasteiger partial charge in [-0.1, -0.05) is 17.8 Å². The average Bonchev–Trinajstić information content (AvgIpc) is 2.06. The summed E-state index contributed by atoms with van der Waals surface area (Å²) in [6.07, 6.45) is 3.56. The minimum Gasteiger partial charge on any atom is -0.378 e. The number of pyridine rings is 1. The van der Waals surface area contributed by atoms with Crippen molar-refractivity contribution in [2.45, 2.75) is 0 Å². The molecule has 0 aliphatic heterocycles. The van der Waals surface area contributed by atoms with Crippen LogP contribution < -0.4 is 5.73 Å². The molecule has 0 aromatic carbocycles. The summed E-state index contributed by atoms with van der Waals surface area (Å²) in [6.45, 7) is 0. The number of nitrogens with zero attached hydrogens (tertiary/aromatic N) is 2. The molecule has 0 fully saturated rings. The number of amidine groups is 1. The van der Waals surface area contributed by atoms with E-state index in [0.717, 1.165) is 0 Å². The molecule has 5 heteroatoms. The molecule has 3 nitrogen and oxygen atoms in total. The maximum Gasteiger partial charge on any atom is 0.160 e. The lowest BCUT2D eigenvalue weighted by Gasteiger charge is -1.93. The Labute approximate surface area is 92.9 Å². The van der Waals surface area contributed by atoms with Crippen molar-refractivity contribution in [3.63, 3.8) is 0 Å². The summed E-state index contributed by atoms with van der Waals surface area (Å²) in [5.41, 5.74) is 5.48. The van der Waals surface area contributed by atoms with Gasteiger partial charge in [0.25, 0.3) is 0 Å². The smallest absolute Gasteiger partial charge is 0.160 e. The molecule has 1 heterocycles. The fourth-order valence-electron chi connectivity index (χ4n) is 0.578. The summed E-state index contributed by atoms with van der Waals surface area (Å²) in [4.78, 5) is 8.01. The van der Waals surface area contributed by atoms with Gasteiger partial charge in [0.1, 0.15) is 0 Å². The van der Waals surface area contributed by atoms with E-state index >= 15 is 0 Å². The molecule has 12 heavy (non-hydrogen) atoms. The van der Waals surface area contributed by atoms with Gasteiger partial charge >= 0.3 is 0 Å². The number of aromatic nitrogens is 1. The third kappa shape index (κ3) is 3.91. The van der Waals surface area contributed by atoms with Crippen LogP contribution in [0.25, 0.3) is 0 Å². The van der Waals surface area contributed by atoms with Crippen LogP contribution in [-0.4, -0.2) is 16.4 Å². The van der Waals surface area contributed by atoms with Crippen LogP contribution in [0, 0.1) is 0 Å². The second-order valence-corrected chi connectivity index (χ2v) is 2.67. The first-order valence-corrected chi connectivity index (χ1v) is 4.34. The lowest BCUT2D eigenvalue weighted by Crippen LogP contribution is -2.04. The van der Waals surface area contributed by atoms with Crippen LogP contribution in [0.4, 0.5) is 5.82 Å². The van der Waals surface area contributed by atoms with Crippen LogP contribution in [0.3, 0.4) is 0 Å². The SMILES string of the molecule is CSC(N)=Nc1ccccn1.I. The van der Waals surface area contributed by atoms with Crippen molar-refractivity contribution in [2.75, 3.05) is 6.26 Å². The molecule has 0 radical (unpaired) electrons. The minimum atomic E-state index is 0. The monoisotopic (exact) mass is 295 g/mol. The van der Waals surface area contributed by atoms with Gasteiger partial charge in [0.15, 0.2) is 11.0 Å². The zero-order chi connectivity index (χ0) is 8.10. The second-order valence-electron chi connectivity index (χ2n) is 1.84. The largest absolute Gasteiger partial charge is 0.378 e. The maximum absolute atomic E-state index is 5.48. The number of halogens is 1. The summed E-state index contributed by atoms with van der Waals surface area (Å²) < 4.78 is 0. The van der Waals surface area contributed by atoms with Crippen molar-refractivity contribution in [1.82, 2.24) is 4.98 Å². The van der Waals surface area contributed by atoms with E-state index in [1.165, 1.54) is 11.8 Å². The highest BCUT2D eigenvalue weighted by Gasteiger charge is 1.89. The molecule has 0 spiro atoms. The number of aliphatic imine (C=N–C) groups is 1. The molecule has 66 valence electrons. The molecule has 0 aliphatic carbocycles. The van der Waals surface area contributed by atoms with Crippen molar-refractivity contribution < 1.29 is 0 Å². The van der Waals surface area contributed by atoms with Crippen LogP contribution in [0.15, 0.2) is 29.4 Å². The van der Waals surface area contributed by atoms with Gasteiger partial charge in [-0.15, -0.1) is 24.0 Å². The molecule has 1 rings (SSSR count). The van der Waals surface area contributed by atoms with Crippen molar-refractivity contribution in [3.05, 3.63) is 24.4 Å². The summed E-state index contributed by atoms with van der Waals surface area (Å²) in [7, 11) is 0. The minimum absolute atomic E-state index is 0. The molecule has 0 aliphatic rings. The van der Waals surface area contributed by atoms with Crippen molar-refractivity contribution >= 4 is 46.7 Å². The second kappa shape index (κ2) is 6.24. The topological polar surface area (TPSA) is 51.3 Å². The predicted octanol–water partition coefficient (Wildman–Crippen LogP) is 2.01. The molecule has 0 atom stereocenters. The van der Waals surface area contributed by atoms with Gasteiger partial charge in [-0.2, -0.15) is 0 Å². The molecule has 0 saturated heterocycles. The van der Waals surface area contributed by atoms with E-state index in [4.69, 9.17) is 5.73 Å². The fourth-order valence-corrected chi connectivity index (χ4v) is 0.763. The van der Waals surface area contributed by atoms with E-state index in [0.29, 0.717) is 11.0 Å². The Morgan fingerprint density at radius 1 is 1.58 bits per heavy atom.